The Balaban J connectivity index is 2.64. The van der Waals surface area contributed by atoms with Crippen LogP contribution in [0.5, 0.6) is 0 Å². The summed E-state index contributed by atoms with van der Waals surface area (Å²) in [6, 6.07) is 0. The Kier molecular flexibility index (Phi) is 3.02. The molecule has 0 aliphatic heterocycles. The number of nitrogens with zero attached hydrogens (tertiary/aromatic N) is 3. The van der Waals surface area contributed by atoms with Crippen LogP contribution in [0, 0.1) is 0 Å². The fourth-order valence-corrected chi connectivity index (χ4v) is 1.55. The summed E-state index contributed by atoms with van der Waals surface area (Å²) in [5.41, 5.74) is 0. The van der Waals surface area contributed by atoms with E-state index in [0.717, 1.165) is 9.73 Å². The third-order valence-corrected chi connectivity index (χ3v) is 2.32. The monoisotopic (exact) mass is 233 g/mol. The Morgan fingerprint density at radius 3 is 2.91 bits per heavy atom. The minimum absolute atomic E-state index is 0.769. The van der Waals surface area contributed by atoms with E-state index in [1.54, 1.807) is 6.34 Å². The lowest BCUT2D eigenvalue weighted by molar-refractivity contribution is 0.643. The van der Waals surface area contributed by atoms with Crippen LogP contribution in [0.4, 0.5) is 5.13 Å². The van der Waals surface area contributed by atoms with Crippen LogP contribution in [0.2, 0.25) is 0 Å². The van der Waals surface area contributed by atoms with Crippen LogP contribution in [-0.2, 0) is 0 Å². The van der Waals surface area contributed by atoms with Gasteiger partial charge in [0.05, 0.1) is 6.34 Å². The zero-order valence-electron chi connectivity index (χ0n) is 6.28. The van der Waals surface area contributed by atoms with Crippen LogP contribution >= 0.6 is 27.3 Å². The molecule has 1 aromatic heterocycles. The predicted molar refractivity (Wildman–Crippen MR) is 51.7 cm³/mol. The minimum Gasteiger partial charge on any atom is -0.369 e. The van der Waals surface area contributed by atoms with Gasteiger partial charge in [0.15, 0.2) is 0 Å². The van der Waals surface area contributed by atoms with Gasteiger partial charge in [-0.25, -0.2) is 9.98 Å². The Morgan fingerprint density at radius 1 is 1.73 bits per heavy atom. The molecule has 1 heterocycles. The molecule has 0 atom stereocenters. The summed E-state index contributed by atoms with van der Waals surface area (Å²) in [7, 11) is 3.85. The highest BCUT2D eigenvalue weighted by Gasteiger charge is 1.94. The van der Waals surface area contributed by atoms with E-state index in [-0.39, 0.29) is 0 Å². The summed E-state index contributed by atoms with van der Waals surface area (Å²) in [5, 5.41) is 2.67. The van der Waals surface area contributed by atoms with Gasteiger partial charge in [-0.05, 0) is 15.9 Å². The van der Waals surface area contributed by atoms with Gasteiger partial charge >= 0.3 is 0 Å². The summed E-state index contributed by atoms with van der Waals surface area (Å²) < 4.78 is 0.841. The molecule has 11 heavy (non-hydrogen) atoms. The van der Waals surface area contributed by atoms with Crippen molar-refractivity contribution in [1.82, 2.24) is 9.88 Å². The Bertz CT molecular complexity index is 256. The summed E-state index contributed by atoms with van der Waals surface area (Å²) in [4.78, 5) is 10.1. The number of thiazole rings is 1. The average Bonchev–Trinajstić information content (AvgIpc) is 2.31. The molecule has 0 saturated carbocycles. The van der Waals surface area contributed by atoms with E-state index in [0.29, 0.717) is 0 Å². The van der Waals surface area contributed by atoms with Crippen molar-refractivity contribution < 1.29 is 0 Å². The molecule has 0 radical (unpaired) electrons. The molecule has 1 aromatic rings. The van der Waals surface area contributed by atoms with Gasteiger partial charge in [-0.2, -0.15) is 0 Å². The van der Waals surface area contributed by atoms with Crippen molar-refractivity contribution in [3.8, 4) is 0 Å². The number of rotatable bonds is 2. The highest BCUT2D eigenvalue weighted by molar-refractivity contribution is 9.10. The molecule has 0 unspecified atom stereocenters. The summed E-state index contributed by atoms with van der Waals surface area (Å²) in [5.74, 6) is 0. The summed E-state index contributed by atoms with van der Waals surface area (Å²) in [6.45, 7) is 0. The van der Waals surface area contributed by atoms with Gasteiger partial charge in [-0.3, -0.25) is 0 Å². The zero-order chi connectivity index (χ0) is 8.27. The number of halogens is 1. The molecular formula is C6H8BrN3S. The van der Waals surface area contributed by atoms with Crippen LogP contribution in [-0.4, -0.2) is 30.3 Å². The lowest BCUT2D eigenvalue weighted by atomic mass is 10.9. The van der Waals surface area contributed by atoms with Gasteiger partial charge in [0.1, 0.15) is 4.60 Å². The van der Waals surface area contributed by atoms with E-state index in [1.807, 2.05) is 24.4 Å². The molecule has 5 heteroatoms. The maximum absolute atomic E-state index is 4.10. The van der Waals surface area contributed by atoms with Gasteiger partial charge in [-0.1, -0.05) is 0 Å². The number of hydrogen-bond donors (Lipinski definition) is 0. The highest BCUT2D eigenvalue weighted by atomic mass is 79.9. The molecule has 60 valence electrons. The van der Waals surface area contributed by atoms with Crippen LogP contribution < -0.4 is 0 Å². The first-order valence-electron chi connectivity index (χ1n) is 3.00. The second-order valence-electron chi connectivity index (χ2n) is 2.16. The van der Waals surface area contributed by atoms with Crippen molar-refractivity contribution in [2.75, 3.05) is 14.1 Å². The molecule has 3 nitrogen and oxygen atoms in total. The van der Waals surface area contributed by atoms with Gasteiger partial charge in [0.2, 0.25) is 5.13 Å². The van der Waals surface area contributed by atoms with Crippen molar-refractivity contribution in [3.05, 3.63) is 9.98 Å². The van der Waals surface area contributed by atoms with Gasteiger partial charge in [0.25, 0.3) is 0 Å². The summed E-state index contributed by atoms with van der Waals surface area (Å²) >= 11 is 4.76. The Hall–Kier alpha value is -0.420. The lowest BCUT2D eigenvalue weighted by Crippen LogP contribution is -2.06. The molecule has 0 amide bonds. The summed E-state index contributed by atoms with van der Waals surface area (Å²) in [6.07, 6.45) is 1.73. The zero-order valence-corrected chi connectivity index (χ0v) is 8.69. The van der Waals surface area contributed by atoms with Crippen LogP contribution in [0.3, 0.4) is 0 Å². The largest absolute Gasteiger partial charge is 0.369 e. The molecule has 0 aliphatic carbocycles. The standard InChI is InChI=1S/C6H8BrN3S/c1-10(2)4-8-6-9-5(7)3-11-6/h3-4H,1-2H3/b8-4+. The van der Waals surface area contributed by atoms with E-state index in [4.69, 9.17) is 0 Å². The van der Waals surface area contributed by atoms with Gasteiger partial charge in [0, 0.05) is 19.5 Å². The van der Waals surface area contributed by atoms with Gasteiger partial charge < -0.3 is 4.90 Å². The predicted octanol–water partition coefficient (Wildman–Crippen LogP) is 2.13. The van der Waals surface area contributed by atoms with Crippen molar-refractivity contribution >= 4 is 38.7 Å². The molecule has 0 spiro atoms. The molecular weight excluding hydrogens is 226 g/mol. The van der Waals surface area contributed by atoms with E-state index >= 15 is 0 Å². The first-order chi connectivity index (χ1) is 5.18. The van der Waals surface area contributed by atoms with E-state index < -0.39 is 0 Å². The van der Waals surface area contributed by atoms with Crippen molar-refractivity contribution in [2.24, 2.45) is 4.99 Å². The number of aliphatic imine (C=N–C) groups is 1. The molecule has 0 N–H and O–H groups in total. The van der Waals surface area contributed by atoms with Crippen molar-refractivity contribution in [3.63, 3.8) is 0 Å². The maximum atomic E-state index is 4.10. The molecule has 0 saturated heterocycles. The molecule has 0 bridgehead atoms. The lowest BCUT2D eigenvalue weighted by Gasteiger charge is -1.99. The van der Waals surface area contributed by atoms with E-state index in [9.17, 15) is 0 Å². The van der Waals surface area contributed by atoms with Crippen LogP contribution in [0.1, 0.15) is 0 Å². The van der Waals surface area contributed by atoms with Crippen LogP contribution in [0.25, 0.3) is 0 Å². The molecule has 0 aliphatic rings. The smallest absolute Gasteiger partial charge is 0.211 e. The molecule has 0 aromatic carbocycles. The van der Waals surface area contributed by atoms with E-state index in [2.05, 4.69) is 25.9 Å². The Morgan fingerprint density at radius 2 is 2.45 bits per heavy atom. The highest BCUT2D eigenvalue weighted by Crippen LogP contribution is 2.21. The second-order valence-corrected chi connectivity index (χ2v) is 3.81. The van der Waals surface area contributed by atoms with Crippen molar-refractivity contribution in [1.29, 1.82) is 0 Å². The van der Waals surface area contributed by atoms with E-state index in [1.165, 1.54) is 11.3 Å². The topological polar surface area (TPSA) is 28.5 Å². The number of aromatic nitrogens is 1. The maximum Gasteiger partial charge on any atom is 0.211 e. The normalized spacial score (nSPS) is 10.8. The fraction of sp³-hybridized carbons (Fsp3) is 0.333. The Labute approximate surface area is 77.9 Å². The second kappa shape index (κ2) is 3.82. The number of hydrogen-bond acceptors (Lipinski definition) is 3. The first-order valence-corrected chi connectivity index (χ1v) is 4.67. The molecule has 1 rings (SSSR count). The average molecular weight is 234 g/mol. The minimum atomic E-state index is 0.769. The third-order valence-electron chi connectivity index (χ3n) is 0.863. The third kappa shape index (κ3) is 2.98. The SMILES string of the molecule is CN(C)/C=N/c1nc(Br)cs1. The fourth-order valence-electron chi connectivity index (χ4n) is 0.470. The quantitative estimate of drug-likeness (QED) is 0.579. The van der Waals surface area contributed by atoms with Gasteiger partial charge in [-0.15, -0.1) is 11.3 Å². The molecule has 0 fully saturated rings. The van der Waals surface area contributed by atoms with Crippen LogP contribution in [0.15, 0.2) is 15.0 Å². The van der Waals surface area contributed by atoms with Crippen molar-refractivity contribution in [2.45, 2.75) is 0 Å². The first kappa shape index (κ1) is 8.67.